The van der Waals surface area contributed by atoms with Gasteiger partial charge in [0.25, 0.3) is 0 Å². The van der Waals surface area contributed by atoms with Crippen molar-refractivity contribution in [2.24, 2.45) is 0 Å². The van der Waals surface area contributed by atoms with Crippen LogP contribution in [0.2, 0.25) is 0 Å². The van der Waals surface area contributed by atoms with E-state index in [1.165, 1.54) is 0 Å². The molecule has 4 nitrogen and oxygen atoms in total. The molecule has 1 aromatic rings. The predicted molar refractivity (Wildman–Crippen MR) is 54.1 cm³/mol. The smallest absolute Gasteiger partial charge is 0.0835 e. The van der Waals surface area contributed by atoms with Gasteiger partial charge >= 0.3 is 0 Å². The monoisotopic (exact) mass is 247 g/mol. The highest BCUT2D eigenvalue weighted by molar-refractivity contribution is 9.09. The van der Waals surface area contributed by atoms with Gasteiger partial charge in [-0.3, -0.25) is 0 Å². The van der Waals surface area contributed by atoms with E-state index in [2.05, 4.69) is 33.2 Å². The Morgan fingerprint density at radius 1 is 1.69 bits per heavy atom. The molecule has 1 rings (SSSR count). The molecule has 0 aliphatic rings. The largest absolute Gasteiger partial charge is 0.382 e. The summed E-state index contributed by atoms with van der Waals surface area (Å²) in [6, 6.07) is 0.251. The maximum atomic E-state index is 5.03. The number of hydrogen-bond acceptors (Lipinski definition) is 3. The minimum atomic E-state index is 0.251. The van der Waals surface area contributed by atoms with Crippen LogP contribution in [0.5, 0.6) is 0 Å². The highest BCUT2D eigenvalue weighted by Gasteiger charge is 2.06. The van der Waals surface area contributed by atoms with Crippen LogP contribution in [0.3, 0.4) is 0 Å². The molecule has 0 radical (unpaired) electrons. The summed E-state index contributed by atoms with van der Waals surface area (Å²) in [6.07, 6.45) is 2.88. The fraction of sp³-hybridized carbons (Fsp3) is 0.750. The Morgan fingerprint density at radius 3 is 3.08 bits per heavy atom. The Labute approximate surface area is 86.4 Å². The number of aromatic nitrogens is 3. The molecular formula is C8H14BrN3O. The van der Waals surface area contributed by atoms with Crippen molar-refractivity contribution in [1.29, 1.82) is 0 Å². The average molecular weight is 248 g/mol. The van der Waals surface area contributed by atoms with E-state index >= 15 is 0 Å². The molecule has 0 aromatic carbocycles. The van der Waals surface area contributed by atoms with Gasteiger partial charge in [0, 0.05) is 25.1 Å². The summed E-state index contributed by atoms with van der Waals surface area (Å²) in [5, 5.41) is 8.98. The summed E-state index contributed by atoms with van der Waals surface area (Å²) in [5.74, 6) is 0. The zero-order valence-electron chi connectivity index (χ0n) is 7.90. The minimum absolute atomic E-state index is 0.251. The maximum Gasteiger partial charge on any atom is 0.0835 e. The normalized spacial score (nSPS) is 13.2. The molecule has 0 N–H and O–H groups in total. The Morgan fingerprint density at radius 2 is 2.46 bits per heavy atom. The number of halogens is 1. The van der Waals surface area contributed by atoms with Gasteiger partial charge in [0.2, 0.25) is 0 Å². The molecule has 0 spiro atoms. The van der Waals surface area contributed by atoms with Gasteiger partial charge in [0.15, 0.2) is 0 Å². The van der Waals surface area contributed by atoms with Gasteiger partial charge < -0.3 is 4.74 Å². The summed E-state index contributed by atoms with van der Waals surface area (Å²) in [4.78, 5) is 0. The Bertz CT molecular complexity index is 251. The van der Waals surface area contributed by atoms with Crippen molar-refractivity contribution in [3.8, 4) is 0 Å². The van der Waals surface area contributed by atoms with Crippen molar-refractivity contribution in [2.45, 2.75) is 19.4 Å². The van der Waals surface area contributed by atoms with Crippen molar-refractivity contribution in [1.82, 2.24) is 15.0 Å². The molecule has 0 saturated heterocycles. The molecule has 0 fully saturated rings. The van der Waals surface area contributed by atoms with Gasteiger partial charge in [-0.1, -0.05) is 21.1 Å². The lowest BCUT2D eigenvalue weighted by molar-refractivity contribution is 0.156. The molecule has 13 heavy (non-hydrogen) atoms. The molecule has 0 amide bonds. The first-order valence-corrected chi connectivity index (χ1v) is 5.35. The maximum absolute atomic E-state index is 5.03. The fourth-order valence-corrected chi connectivity index (χ4v) is 1.46. The zero-order chi connectivity index (χ0) is 9.68. The molecule has 0 aliphatic carbocycles. The third-order valence-electron chi connectivity index (χ3n) is 1.77. The van der Waals surface area contributed by atoms with Crippen LogP contribution in [0.25, 0.3) is 0 Å². The lowest BCUT2D eigenvalue weighted by Crippen LogP contribution is -2.11. The van der Waals surface area contributed by atoms with Crippen molar-refractivity contribution in [2.75, 3.05) is 19.0 Å². The van der Waals surface area contributed by atoms with Gasteiger partial charge in [-0.15, -0.1) is 5.10 Å². The molecule has 1 atom stereocenters. The van der Waals surface area contributed by atoms with E-state index in [0.717, 1.165) is 17.4 Å². The van der Waals surface area contributed by atoms with E-state index in [1.807, 2.05) is 10.9 Å². The molecule has 74 valence electrons. The fourth-order valence-electron chi connectivity index (χ4n) is 1.06. The lowest BCUT2D eigenvalue weighted by Gasteiger charge is -2.08. The van der Waals surface area contributed by atoms with Crippen LogP contribution >= 0.6 is 15.9 Å². The van der Waals surface area contributed by atoms with E-state index in [1.54, 1.807) is 7.11 Å². The van der Waals surface area contributed by atoms with Crippen molar-refractivity contribution < 1.29 is 4.74 Å². The number of ether oxygens (including phenoxy) is 1. The van der Waals surface area contributed by atoms with Crippen LogP contribution in [0, 0.1) is 0 Å². The quantitative estimate of drug-likeness (QED) is 0.740. The van der Waals surface area contributed by atoms with Crippen LogP contribution in [0.4, 0.5) is 0 Å². The Kier molecular flexibility index (Phi) is 4.38. The van der Waals surface area contributed by atoms with Crippen LogP contribution < -0.4 is 0 Å². The predicted octanol–water partition coefficient (Wildman–Crippen LogP) is 1.42. The molecule has 0 aliphatic heterocycles. The highest BCUT2D eigenvalue weighted by Crippen LogP contribution is 2.05. The number of aryl methyl sites for hydroxylation is 1. The second-order valence-corrected chi connectivity index (χ2v) is 3.73. The van der Waals surface area contributed by atoms with E-state index in [9.17, 15) is 0 Å². The molecule has 0 saturated carbocycles. The van der Waals surface area contributed by atoms with Crippen molar-refractivity contribution >= 4 is 15.9 Å². The lowest BCUT2D eigenvalue weighted by atomic mass is 10.3. The SMILES string of the molecule is COCC(C)n1cc(CCBr)nn1. The number of hydrogen-bond donors (Lipinski definition) is 0. The van der Waals surface area contributed by atoms with E-state index in [4.69, 9.17) is 4.74 Å². The standard InChI is InChI=1S/C8H14BrN3O/c1-7(6-13-2)12-5-8(3-4-9)10-11-12/h5,7H,3-4,6H2,1-2H3. The molecule has 1 unspecified atom stereocenters. The van der Waals surface area contributed by atoms with Crippen LogP contribution in [-0.2, 0) is 11.2 Å². The Balaban J connectivity index is 2.56. The first kappa shape index (κ1) is 10.7. The van der Waals surface area contributed by atoms with Gasteiger partial charge in [-0.2, -0.15) is 0 Å². The number of rotatable bonds is 5. The first-order chi connectivity index (χ1) is 6.27. The number of nitrogens with zero attached hydrogens (tertiary/aromatic N) is 3. The third-order valence-corrected chi connectivity index (χ3v) is 2.16. The van der Waals surface area contributed by atoms with Gasteiger partial charge in [-0.05, 0) is 6.92 Å². The third kappa shape index (κ3) is 3.08. The Hall–Kier alpha value is -0.420. The van der Waals surface area contributed by atoms with Crippen LogP contribution in [0.15, 0.2) is 6.20 Å². The second kappa shape index (κ2) is 5.34. The molecule has 1 heterocycles. The summed E-state index contributed by atoms with van der Waals surface area (Å²) >= 11 is 3.36. The van der Waals surface area contributed by atoms with Crippen LogP contribution in [0.1, 0.15) is 18.7 Å². The van der Waals surface area contributed by atoms with Crippen LogP contribution in [-0.4, -0.2) is 34.0 Å². The second-order valence-electron chi connectivity index (χ2n) is 2.93. The topological polar surface area (TPSA) is 39.9 Å². The number of alkyl halides is 1. The zero-order valence-corrected chi connectivity index (χ0v) is 9.49. The summed E-state index contributed by atoms with van der Waals surface area (Å²) in [7, 11) is 1.69. The van der Waals surface area contributed by atoms with Gasteiger partial charge in [0.1, 0.15) is 0 Å². The molecule has 1 aromatic heterocycles. The molecular weight excluding hydrogens is 234 g/mol. The summed E-state index contributed by atoms with van der Waals surface area (Å²) in [5.41, 5.74) is 1.01. The van der Waals surface area contributed by atoms with E-state index in [0.29, 0.717) is 6.61 Å². The first-order valence-electron chi connectivity index (χ1n) is 4.23. The van der Waals surface area contributed by atoms with Gasteiger partial charge in [0.05, 0.1) is 18.3 Å². The summed E-state index contributed by atoms with van der Waals surface area (Å²) in [6.45, 7) is 2.72. The average Bonchev–Trinajstić information content (AvgIpc) is 2.54. The molecule has 0 bridgehead atoms. The van der Waals surface area contributed by atoms with E-state index < -0.39 is 0 Å². The molecule has 5 heteroatoms. The highest BCUT2D eigenvalue weighted by atomic mass is 79.9. The van der Waals surface area contributed by atoms with Gasteiger partial charge in [-0.25, -0.2) is 4.68 Å². The minimum Gasteiger partial charge on any atom is -0.382 e. The van der Waals surface area contributed by atoms with E-state index in [-0.39, 0.29) is 6.04 Å². The van der Waals surface area contributed by atoms with Crippen molar-refractivity contribution in [3.63, 3.8) is 0 Å². The van der Waals surface area contributed by atoms with Crippen molar-refractivity contribution in [3.05, 3.63) is 11.9 Å². The summed E-state index contributed by atoms with van der Waals surface area (Å²) < 4.78 is 6.86. The number of methoxy groups -OCH3 is 1.